The number of carbonyl (C=O) groups is 3. The topological polar surface area (TPSA) is 122 Å². The number of hydrogen-bond donors (Lipinski definition) is 0. The number of cyclic esters (lactones) is 1. The fourth-order valence-corrected chi connectivity index (χ4v) is 9.99. The molecule has 1 saturated heterocycles. The Bertz CT molecular complexity index is 1060. The first kappa shape index (κ1) is 25.9. The van der Waals surface area contributed by atoms with Crippen LogP contribution in [-0.4, -0.2) is 57.0 Å². The number of fused-ring (bicyclic) bond motifs is 4. The normalized spacial score (nSPS) is 47.6. The van der Waals surface area contributed by atoms with E-state index in [1.165, 1.54) is 13.8 Å². The lowest BCUT2D eigenvalue weighted by atomic mass is 9.44. The van der Waals surface area contributed by atoms with Crippen LogP contribution >= 0.6 is 0 Å². The van der Waals surface area contributed by atoms with E-state index >= 15 is 0 Å². The third-order valence-corrected chi connectivity index (χ3v) is 11.0. The van der Waals surface area contributed by atoms with Crippen LogP contribution in [0.25, 0.3) is 0 Å². The third-order valence-electron chi connectivity index (χ3n) is 10.4. The lowest BCUT2D eigenvalue weighted by Crippen LogP contribution is -2.61. The molecule has 36 heavy (non-hydrogen) atoms. The Labute approximate surface area is 213 Å². The lowest BCUT2D eigenvalue weighted by Gasteiger charge is -2.61. The molecule has 0 aromatic heterocycles. The van der Waals surface area contributed by atoms with Crippen molar-refractivity contribution in [3.63, 3.8) is 0 Å². The van der Waals surface area contributed by atoms with Gasteiger partial charge in [-0.25, -0.2) is 0 Å². The second kappa shape index (κ2) is 8.68. The van der Waals surface area contributed by atoms with E-state index in [1.54, 1.807) is 6.92 Å². The van der Waals surface area contributed by atoms with Gasteiger partial charge in [-0.05, 0) is 81.0 Å². The number of rotatable bonds is 4. The van der Waals surface area contributed by atoms with Crippen LogP contribution < -0.4 is 0 Å². The van der Waals surface area contributed by atoms with E-state index < -0.39 is 45.7 Å². The van der Waals surface area contributed by atoms with Crippen LogP contribution in [0.4, 0.5) is 0 Å². The Morgan fingerprint density at radius 2 is 1.69 bits per heavy atom. The summed E-state index contributed by atoms with van der Waals surface area (Å²) in [6.45, 7) is 6.88. The Kier molecular flexibility index (Phi) is 6.26. The van der Waals surface area contributed by atoms with E-state index in [4.69, 9.17) is 18.4 Å². The van der Waals surface area contributed by atoms with Gasteiger partial charge in [-0.2, -0.15) is 8.42 Å². The van der Waals surface area contributed by atoms with Crippen molar-refractivity contribution in [3.8, 4) is 0 Å². The minimum absolute atomic E-state index is 0.0566. The van der Waals surface area contributed by atoms with E-state index in [9.17, 15) is 22.8 Å². The quantitative estimate of drug-likeness (QED) is 0.309. The molecule has 5 rings (SSSR count). The maximum absolute atomic E-state index is 13.6. The predicted octanol–water partition coefficient (Wildman–Crippen LogP) is 3.00. The van der Waals surface area contributed by atoms with E-state index in [1.807, 2.05) is 0 Å². The van der Waals surface area contributed by atoms with Gasteiger partial charge in [0.2, 0.25) is 0 Å². The van der Waals surface area contributed by atoms with Crippen molar-refractivity contribution in [2.45, 2.75) is 97.1 Å². The van der Waals surface area contributed by atoms with Crippen molar-refractivity contribution in [1.29, 1.82) is 0 Å². The van der Waals surface area contributed by atoms with Crippen LogP contribution in [-0.2, 0) is 42.9 Å². The first-order valence-electron chi connectivity index (χ1n) is 13.2. The van der Waals surface area contributed by atoms with E-state index in [0.29, 0.717) is 18.8 Å². The number of carbonyl (C=O) groups excluding carboxylic acids is 3. The molecule has 4 aliphatic carbocycles. The van der Waals surface area contributed by atoms with Crippen molar-refractivity contribution < 1.29 is 41.2 Å². The minimum Gasteiger partial charge on any atom is -0.463 e. The van der Waals surface area contributed by atoms with Crippen LogP contribution in [0.3, 0.4) is 0 Å². The molecule has 0 N–H and O–H groups in total. The van der Waals surface area contributed by atoms with E-state index in [-0.39, 0.29) is 41.2 Å². The Morgan fingerprint density at radius 3 is 2.33 bits per heavy atom. The Morgan fingerprint density at radius 1 is 1.00 bits per heavy atom. The van der Waals surface area contributed by atoms with Crippen molar-refractivity contribution in [3.05, 3.63) is 0 Å². The third kappa shape index (κ3) is 3.89. The van der Waals surface area contributed by atoms with Gasteiger partial charge in [0.1, 0.15) is 23.7 Å². The predicted molar refractivity (Wildman–Crippen MR) is 127 cm³/mol. The summed E-state index contributed by atoms with van der Waals surface area (Å²) < 4.78 is 47.2. The van der Waals surface area contributed by atoms with Gasteiger partial charge in [-0.15, -0.1) is 0 Å². The van der Waals surface area contributed by atoms with Crippen LogP contribution in [0.1, 0.15) is 72.6 Å². The molecule has 11 atom stereocenters. The van der Waals surface area contributed by atoms with E-state index in [2.05, 4.69) is 6.92 Å². The summed E-state index contributed by atoms with van der Waals surface area (Å²) in [5.41, 5.74) is -1.15. The highest BCUT2D eigenvalue weighted by molar-refractivity contribution is 7.86. The molecule has 0 aromatic carbocycles. The SMILES string of the molecule is CC(=O)O[C@H]1CC[C@@]2(C)[C@@H](CC[C@@H]3[C@@H]2C[C@@H](OC(C)=O)[C@]24C(=O)O[C@@H](C)[C@H]2[C@@H](OS(C)(=O)=O)C[C@@H]34)C1. The monoisotopic (exact) mass is 526 g/mol. The van der Waals surface area contributed by atoms with Crippen molar-refractivity contribution in [2.24, 2.45) is 40.4 Å². The average Bonchev–Trinajstić information content (AvgIpc) is 3.21. The molecule has 1 heterocycles. The van der Waals surface area contributed by atoms with Crippen molar-refractivity contribution in [1.82, 2.24) is 0 Å². The minimum atomic E-state index is -3.77. The molecule has 5 fully saturated rings. The Balaban J connectivity index is 1.54. The molecule has 0 bridgehead atoms. The summed E-state index contributed by atoms with van der Waals surface area (Å²) in [5.74, 6) is -1.08. The van der Waals surface area contributed by atoms with Gasteiger partial charge in [0.15, 0.2) is 0 Å². The maximum atomic E-state index is 13.6. The van der Waals surface area contributed by atoms with Gasteiger partial charge in [0, 0.05) is 19.8 Å². The van der Waals surface area contributed by atoms with Gasteiger partial charge in [-0.3, -0.25) is 18.6 Å². The number of esters is 3. The molecule has 5 aliphatic rings. The number of ether oxygens (including phenoxy) is 3. The molecule has 1 spiro atoms. The molecule has 0 radical (unpaired) electrons. The fourth-order valence-electron chi connectivity index (χ4n) is 9.35. The first-order chi connectivity index (χ1) is 16.8. The zero-order chi connectivity index (χ0) is 26.2. The molecule has 4 saturated carbocycles. The molecule has 0 aromatic rings. The molecule has 202 valence electrons. The molecule has 9 nitrogen and oxygen atoms in total. The van der Waals surface area contributed by atoms with Gasteiger partial charge in [0.25, 0.3) is 10.1 Å². The summed E-state index contributed by atoms with van der Waals surface area (Å²) in [6.07, 6.45) is 4.31. The van der Waals surface area contributed by atoms with Crippen molar-refractivity contribution in [2.75, 3.05) is 6.26 Å². The smallest absolute Gasteiger partial charge is 0.316 e. The number of hydrogen-bond acceptors (Lipinski definition) is 9. The maximum Gasteiger partial charge on any atom is 0.316 e. The highest BCUT2D eigenvalue weighted by Crippen LogP contribution is 2.70. The van der Waals surface area contributed by atoms with Crippen molar-refractivity contribution >= 4 is 28.0 Å². The molecule has 10 heteroatoms. The highest BCUT2D eigenvalue weighted by Gasteiger charge is 2.76. The molecule has 0 amide bonds. The van der Waals surface area contributed by atoms with Crippen LogP contribution in [0.5, 0.6) is 0 Å². The second-order valence-electron chi connectivity index (χ2n) is 12.1. The van der Waals surface area contributed by atoms with Gasteiger partial charge >= 0.3 is 17.9 Å². The zero-order valence-corrected chi connectivity index (χ0v) is 22.5. The van der Waals surface area contributed by atoms with Gasteiger partial charge in [0.05, 0.1) is 12.4 Å². The Hall–Kier alpha value is -1.68. The molecular formula is C26H38O9S. The van der Waals surface area contributed by atoms with Crippen LogP contribution in [0.15, 0.2) is 0 Å². The zero-order valence-electron chi connectivity index (χ0n) is 21.7. The van der Waals surface area contributed by atoms with E-state index in [0.717, 1.165) is 38.4 Å². The largest absolute Gasteiger partial charge is 0.463 e. The summed E-state index contributed by atoms with van der Waals surface area (Å²) in [7, 11) is -3.77. The molecule has 0 unspecified atom stereocenters. The highest BCUT2D eigenvalue weighted by atomic mass is 32.2. The van der Waals surface area contributed by atoms with Gasteiger partial charge < -0.3 is 14.2 Å². The second-order valence-corrected chi connectivity index (χ2v) is 13.7. The van der Waals surface area contributed by atoms with Gasteiger partial charge in [-0.1, -0.05) is 6.92 Å². The standard InChI is InChI=1S/C26H38O9S/c1-13-23-21(35-36(5,30)31)11-20-18-7-6-16-10-17(33-14(2)27)8-9-25(16,4)19(18)12-22(34-15(3)28)26(20,23)24(29)32-13/h13,16-23H,6-12H2,1-5H3/t13-,16-,17-,18+,19-,20-,21-,22+,23-,25-,26-/m0/s1. The molecular weight excluding hydrogens is 488 g/mol. The molecule has 1 aliphatic heterocycles. The van der Waals surface area contributed by atoms with Crippen LogP contribution in [0, 0.1) is 40.4 Å². The summed E-state index contributed by atoms with van der Waals surface area (Å²) >= 11 is 0. The fraction of sp³-hybridized carbons (Fsp3) is 0.885. The average molecular weight is 527 g/mol. The summed E-state index contributed by atoms with van der Waals surface area (Å²) in [6, 6.07) is 0. The summed E-state index contributed by atoms with van der Waals surface area (Å²) in [5, 5.41) is 0. The lowest BCUT2D eigenvalue weighted by molar-refractivity contribution is -0.200. The van der Waals surface area contributed by atoms with Crippen LogP contribution in [0.2, 0.25) is 0 Å². The first-order valence-corrected chi connectivity index (χ1v) is 15.0. The summed E-state index contributed by atoms with van der Waals surface area (Å²) in [4.78, 5) is 37.5.